The molecule has 0 unspecified atom stereocenters. The van der Waals surface area contributed by atoms with Gasteiger partial charge in [-0.2, -0.15) is 0 Å². The minimum atomic E-state index is 0.172. The topological polar surface area (TPSA) is 24.1 Å². The summed E-state index contributed by atoms with van der Waals surface area (Å²) in [5.74, 6) is 0. The van der Waals surface area contributed by atoms with E-state index in [1.165, 1.54) is 27.8 Å². The smallest absolute Gasteiger partial charge is 0.171 e. The molecule has 0 fully saturated rings. The van der Waals surface area contributed by atoms with E-state index in [4.69, 9.17) is 12.2 Å². The number of aryl methyl sites for hydroxylation is 4. The zero-order valence-electron chi connectivity index (χ0n) is 13.9. The molecule has 0 radical (unpaired) electrons. The quantitative estimate of drug-likeness (QED) is 0.783. The number of hydrogen-bond donors (Lipinski definition) is 2. The fourth-order valence-corrected chi connectivity index (χ4v) is 2.90. The van der Waals surface area contributed by atoms with Gasteiger partial charge >= 0.3 is 0 Å². The number of nitrogens with one attached hydrogen (secondary N) is 2. The lowest BCUT2D eigenvalue weighted by molar-refractivity contribution is 0.717. The van der Waals surface area contributed by atoms with Gasteiger partial charge in [0.1, 0.15) is 0 Å². The Morgan fingerprint density at radius 3 is 2.23 bits per heavy atom. The standard InChI is InChI=1S/C19H24N2S/c1-12-7-9-17(15(4)10-12)16(5)20-19(22)21-18-11-13(2)6-8-14(18)3/h6-11,16H,1-5H3,(H2,20,21,22)/t16-/m1/s1. The van der Waals surface area contributed by atoms with Crippen LogP contribution in [0.15, 0.2) is 36.4 Å². The molecule has 0 aliphatic heterocycles. The number of anilines is 1. The van der Waals surface area contributed by atoms with Crippen LogP contribution in [-0.2, 0) is 0 Å². The maximum absolute atomic E-state index is 5.46. The van der Waals surface area contributed by atoms with Crippen molar-refractivity contribution in [3.05, 3.63) is 64.2 Å². The van der Waals surface area contributed by atoms with Gasteiger partial charge in [-0.3, -0.25) is 0 Å². The number of hydrogen-bond acceptors (Lipinski definition) is 1. The predicted octanol–water partition coefficient (Wildman–Crippen LogP) is 4.97. The lowest BCUT2D eigenvalue weighted by Gasteiger charge is -2.20. The molecule has 0 saturated heterocycles. The number of rotatable bonds is 3. The van der Waals surface area contributed by atoms with Gasteiger partial charge in [-0.15, -0.1) is 0 Å². The van der Waals surface area contributed by atoms with Crippen LogP contribution in [0.1, 0.15) is 40.8 Å². The monoisotopic (exact) mass is 312 g/mol. The minimum absolute atomic E-state index is 0.172. The van der Waals surface area contributed by atoms with E-state index in [-0.39, 0.29) is 6.04 Å². The van der Waals surface area contributed by atoms with Crippen LogP contribution in [0, 0.1) is 27.7 Å². The van der Waals surface area contributed by atoms with Crippen molar-refractivity contribution in [3.8, 4) is 0 Å². The zero-order valence-corrected chi connectivity index (χ0v) is 14.8. The normalized spacial score (nSPS) is 11.9. The van der Waals surface area contributed by atoms with E-state index in [9.17, 15) is 0 Å². The SMILES string of the molecule is Cc1ccc([C@@H](C)NC(=S)Nc2cc(C)ccc2C)c(C)c1. The molecule has 0 aromatic heterocycles. The molecule has 0 heterocycles. The number of thiocarbonyl (C=S) groups is 1. The summed E-state index contributed by atoms with van der Waals surface area (Å²) >= 11 is 5.46. The Kier molecular flexibility index (Phi) is 5.19. The average Bonchev–Trinajstić information content (AvgIpc) is 2.42. The van der Waals surface area contributed by atoms with E-state index in [1.54, 1.807) is 0 Å². The first kappa shape index (κ1) is 16.5. The molecule has 0 amide bonds. The van der Waals surface area contributed by atoms with Gasteiger partial charge in [0.25, 0.3) is 0 Å². The maximum atomic E-state index is 5.46. The van der Waals surface area contributed by atoms with Crippen molar-refractivity contribution < 1.29 is 0 Å². The highest BCUT2D eigenvalue weighted by molar-refractivity contribution is 7.80. The minimum Gasteiger partial charge on any atom is -0.356 e. The van der Waals surface area contributed by atoms with Crippen LogP contribution in [0.2, 0.25) is 0 Å². The third-order valence-corrected chi connectivity index (χ3v) is 4.10. The molecule has 2 N–H and O–H groups in total. The van der Waals surface area contributed by atoms with Crippen LogP contribution in [0.4, 0.5) is 5.69 Å². The Bertz CT molecular complexity index is 692. The molecule has 1 atom stereocenters. The van der Waals surface area contributed by atoms with Crippen LogP contribution < -0.4 is 10.6 Å². The van der Waals surface area contributed by atoms with E-state index < -0.39 is 0 Å². The third kappa shape index (κ3) is 4.08. The van der Waals surface area contributed by atoms with Crippen molar-refractivity contribution in [2.24, 2.45) is 0 Å². The van der Waals surface area contributed by atoms with E-state index in [1.807, 2.05) is 0 Å². The Morgan fingerprint density at radius 2 is 1.55 bits per heavy atom. The third-order valence-electron chi connectivity index (χ3n) is 3.88. The van der Waals surface area contributed by atoms with Crippen LogP contribution in [-0.4, -0.2) is 5.11 Å². The lowest BCUT2D eigenvalue weighted by Crippen LogP contribution is -2.31. The molecule has 2 rings (SSSR count). The van der Waals surface area contributed by atoms with Crippen molar-refractivity contribution >= 4 is 23.0 Å². The first-order chi connectivity index (χ1) is 10.4. The Labute approximate surface area is 139 Å². The molecule has 2 aromatic carbocycles. The predicted molar refractivity (Wildman–Crippen MR) is 99.6 cm³/mol. The van der Waals surface area contributed by atoms with Crippen LogP contribution >= 0.6 is 12.2 Å². The second kappa shape index (κ2) is 6.93. The van der Waals surface area contributed by atoms with Crippen LogP contribution in [0.5, 0.6) is 0 Å². The highest BCUT2D eigenvalue weighted by Crippen LogP contribution is 2.20. The van der Waals surface area contributed by atoms with Crippen molar-refractivity contribution in [3.63, 3.8) is 0 Å². The van der Waals surface area contributed by atoms with Gasteiger partial charge in [0, 0.05) is 5.69 Å². The summed E-state index contributed by atoms with van der Waals surface area (Å²) in [6, 6.07) is 13.0. The van der Waals surface area contributed by atoms with Crippen molar-refractivity contribution in [1.82, 2.24) is 5.32 Å². The Hall–Kier alpha value is -1.87. The van der Waals surface area contributed by atoms with Gasteiger partial charge in [-0.05, 0) is 75.2 Å². The first-order valence-electron chi connectivity index (χ1n) is 7.58. The summed E-state index contributed by atoms with van der Waals surface area (Å²) in [6.07, 6.45) is 0. The van der Waals surface area contributed by atoms with E-state index in [0.717, 1.165) is 5.69 Å². The molecule has 0 spiro atoms. The highest BCUT2D eigenvalue weighted by Gasteiger charge is 2.10. The van der Waals surface area contributed by atoms with Gasteiger partial charge < -0.3 is 10.6 Å². The fraction of sp³-hybridized carbons (Fsp3) is 0.316. The second-order valence-corrected chi connectivity index (χ2v) is 6.41. The van der Waals surface area contributed by atoms with E-state index in [2.05, 4.69) is 81.7 Å². The molecule has 0 bridgehead atoms. The molecule has 3 heteroatoms. The van der Waals surface area contributed by atoms with E-state index >= 15 is 0 Å². The molecular formula is C19H24N2S. The van der Waals surface area contributed by atoms with Crippen molar-refractivity contribution in [2.75, 3.05) is 5.32 Å². The second-order valence-electron chi connectivity index (χ2n) is 6.00. The summed E-state index contributed by atoms with van der Waals surface area (Å²) in [5.41, 5.74) is 7.31. The summed E-state index contributed by atoms with van der Waals surface area (Å²) < 4.78 is 0. The van der Waals surface area contributed by atoms with Gasteiger partial charge in [0.15, 0.2) is 5.11 Å². The van der Waals surface area contributed by atoms with E-state index in [0.29, 0.717) is 5.11 Å². The first-order valence-corrected chi connectivity index (χ1v) is 7.99. The van der Waals surface area contributed by atoms with Crippen LogP contribution in [0.3, 0.4) is 0 Å². The van der Waals surface area contributed by atoms with Gasteiger partial charge in [-0.1, -0.05) is 35.9 Å². The molecule has 116 valence electrons. The van der Waals surface area contributed by atoms with Crippen molar-refractivity contribution in [1.29, 1.82) is 0 Å². The molecule has 2 aromatic rings. The Balaban J connectivity index is 2.06. The molecule has 0 saturated carbocycles. The fourth-order valence-electron chi connectivity index (χ4n) is 2.61. The summed E-state index contributed by atoms with van der Waals surface area (Å²) in [6.45, 7) is 10.6. The van der Waals surface area contributed by atoms with Crippen LogP contribution in [0.25, 0.3) is 0 Å². The molecular weight excluding hydrogens is 288 g/mol. The molecule has 0 aliphatic carbocycles. The van der Waals surface area contributed by atoms with Gasteiger partial charge in [0.05, 0.1) is 6.04 Å². The molecule has 2 nitrogen and oxygen atoms in total. The van der Waals surface area contributed by atoms with Gasteiger partial charge in [0.2, 0.25) is 0 Å². The maximum Gasteiger partial charge on any atom is 0.171 e. The Morgan fingerprint density at radius 1 is 0.909 bits per heavy atom. The van der Waals surface area contributed by atoms with Crippen molar-refractivity contribution in [2.45, 2.75) is 40.7 Å². The summed E-state index contributed by atoms with van der Waals surface area (Å²) in [7, 11) is 0. The average molecular weight is 312 g/mol. The highest BCUT2D eigenvalue weighted by atomic mass is 32.1. The van der Waals surface area contributed by atoms with Gasteiger partial charge in [-0.25, -0.2) is 0 Å². The zero-order chi connectivity index (χ0) is 16.3. The molecule has 0 aliphatic rings. The lowest BCUT2D eigenvalue weighted by atomic mass is 10.0. The summed E-state index contributed by atoms with van der Waals surface area (Å²) in [4.78, 5) is 0. The summed E-state index contributed by atoms with van der Waals surface area (Å²) in [5, 5.41) is 7.33. The number of benzene rings is 2. The molecule has 22 heavy (non-hydrogen) atoms. The largest absolute Gasteiger partial charge is 0.356 e.